The lowest BCUT2D eigenvalue weighted by atomic mass is 9.98. The molecule has 0 aromatic heterocycles. The lowest BCUT2D eigenvalue weighted by Gasteiger charge is -2.14. The van der Waals surface area contributed by atoms with Crippen LogP contribution in [0.5, 0.6) is 0 Å². The summed E-state index contributed by atoms with van der Waals surface area (Å²) in [6, 6.07) is 16.6. The number of ether oxygens (including phenoxy) is 5. The summed E-state index contributed by atoms with van der Waals surface area (Å²) in [4.78, 5) is 23.8. The first-order chi connectivity index (χ1) is 19.7. The first-order valence-electron chi connectivity index (χ1n) is 14.7. The molecule has 0 bridgehead atoms. The van der Waals surface area contributed by atoms with Gasteiger partial charge in [-0.2, -0.15) is 0 Å². The zero-order valence-corrected chi connectivity index (χ0v) is 23.9. The minimum Gasteiger partial charge on any atom is -0.463 e. The van der Waals surface area contributed by atoms with E-state index in [1.165, 1.54) is 41.5 Å². The van der Waals surface area contributed by atoms with Crippen LogP contribution in [0.1, 0.15) is 68.9 Å². The van der Waals surface area contributed by atoms with E-state index in [0.29, 0.717) is 65.6 Å². The number of amides is 1. The van der Waals surface area contributed by atoms with Gasteiger partial charge in [0.05, 0.1) is 33.0 Å². The largest absolute Gasteiger partial charge is 0.463 e. The Bertz CT molecular complexity index is 967. The Morgan fingerprint density at radius 2 is 1.25 bits per heavy atom. The van der Waals surface area contributed by atoms with Gasteiger partial charge < -0.3 is 29.0 Å². The topological polar surface area (TPSA) is 92.3 Å². The second-order valence-electron chi connectivity index (χ2n) is 9.83. The van der Waals surface area contributed by atoms with Crippen molar-refractivity contribution in [2.45, 2.75) is 57.8 Å². The van der Waals surface area contributed by atoms with E-state index < -0.39 is 6.09 Å². The Morgan fingerprint density at radius 3 is 1.90 bits per heavy atom. The summed E-state index contributed by atoms with van der Waals surface area (Å²) >= 11 is 0. The van der Waals surface area contributed by atoms with Gasteiger partial charge in [-0.1, -0.05) is 81.1 Å². The summed E-state index contributed by atoms with van der Waals surface area (Å²) in [5, 5.41) is 2.79. The number of fused-ring (bicyclic) bond motifs is 3. The molecular weight excluding hydrogens is 510 g/mol. The van der Waals surface area contributed by atoms with Crippen LogP contribution >= 0.6 is 0 Å². The number of rotatable bonds is 21. The predicted molar refractivity (Wildman–Crippen MR) is 154 cm³/mol. The van der Waals surface area contributed by atoms with Crippen molar-refractivity contribution in [3.63, 3.8) is 0 Å². The van der Waals surface area contributed by atoms with Crippen molar-refractivity contribution in [3.05, 3.63) is 59.7 Å². The normalized spacial score (nSPS) is 12.1. The number of carbonyl (C=O) groups excluding carboxylic acids is 2. The van der Waals surface area contributed by atoms with Crippen LogP contribution in [-0.2, 0) is 28.5 Å². The first-order valence-corrected chi connectivity index (χ1v) is 14.7. The minimum absolute atomic E-state index is 0.0549. The van der Waals surface area contributed by atoms with Crippen molar-refractivity contribution in [1.82, 2.24) is 5.32 Å². The van der Waals surface area contributed by atoms with Gasteiger partial charge >= 0.3 is 12.1 Å². The van der Waals surface area contributed by atoms with Crippen molar-refractivity contribution >= 4 is 12.1 Å². The van der Waals surface area contributed by atoms with Gasteiger partial charge in [-0.3, -0.25) is 4.79 Å². The molecule has 0 spiro atoms. The lowest BCUT2D eigenvalue weighted by molar-refractivity contribution is -0.145. The maximum Gasteiger partial charge on any atom is 0.407 e. The van der Waals surface area contributed by atoms with E-state index in [1.54, 1.807) is 0 Å². The second kappa shape index (κ2) is 19.2. The Labute approximate surface area is 238 Å². The maximum atomic E-state index is 12.2. The van der Waals surface area contributed by atoms with Gasteiger partial charge in [-0.15, -0.1) is 0 Å². The molecular formula is C32H45NO7. The number of hydrogen-bond donors (Lipinski definition) is 1. The van der Waals surface area contributed by atoms with Crippen LogP contribution in [0.2, 0.25) is 0 Å². The highest BCUT2D eigenvalue weighted by Gasteiger charge is 2.28. The summed E-state index contributed by atoms with van der Waals surface area (Å²) in [7, 11) is 0. The molecule has 40 heavy (non-hydrogen) atoms. The van der Waals surface area contributed by atoms with Crippen LogP contribution in [0.4, 0.5) is 4.79 Å². The van der Waals surface area contributed by atoms with E-state index in [2.05, 4.69) is 36.5 Å². The highest BCUT2D eigenvalue weighted by molar-refractivity contribution is 5.79. The molecule has 0 fully saturated rings. The Kier molecular flexibility index (Phi) is 15.2. The third kappa shape index (κ3) is 11.3. The highest BCUT2D eigenvalue weighted by Crippen LogP contribution is 2.44. The molecule has 8 nitrogen and oxygen atoms in total. The molecule has 1 aliphatic carbocycles. The molecule has 1 amide bonds. The number of nitrogens with one attached hydrogen (secondary N) is 1. The summed E-state index contributed by atoms with van der Waals surface area (Å²) < 4.78 is 27.1. The fourth-order valence-electron chi connectivity index (χ4n) is 4.72. The zero-order chi connectivity index (χ0) is 28.3. The number of carbonyl (C=O) groups is 2. The van der Waals surface area contributed by atoms with Crippen LogP contribution in [0, 0.1) is 0 Å². The smallest absolute Gasteiger partial charge is 0.407 e. The number of unbranched alkanes of at least 4 members (excludes halogenated alkanes) is 4. The quantitative estimate of drug-likeness (QED) is 0.152. The average molecular weight is 556 g/mol. The standard InChI is InChI=1S/C32H45NO7/c1-2-3-4-5-6-16-31(34)39-24-23-38-22-21-37-20-19-36-18-11-17-33-32(35)40-25-30-28-14-9-7-12-26(28)27-13-8-10-15-29(27)30/h7-10,12-15,30H,2-6,11,16-25H2,1H3,(H,33,35). The highest BCUT2D eigenvalue weighted by atomic mass is 16.6. The molecule has 8 heteroatoms. The molecule has 0 unspecified atom stereocenters. The van der Waals surface area contributed by atoms with Crippen LogP contribution in [0.3, 0.4) is 0 Å². The van der Waals surface area contributed by atoms with E-state index in [-0.39, 0.29) is 18.5 Å². The number of alkyl carbamates (subject to hydrolysis) is 1. The molecule has 0 radical (unpaired) electrons. The second-order valence-corrected chi connectivity index (χ2v) is 9.83. The Morgan fingerprint density at radius 1 is 0.675 bits per heavy atom. The minimum atomic E-state index is -0.414. The van der Waals surface area contributed by atoms with Crippen molar-refractivity contribution in [2.24, 2.45) is 0 Å². The molecule has 0 atom stereocenters. The first kappa shape index (κ1) is 31.6. The summed E-state index contributed by atoms with van der Waals surface area (Å²) in [6.45, 7) is 5.98. The molecule has 0 heterocycles. The van der Waals surface area contributed by atoms with Gasteiger partial charge in [0.2, 0.25) is 0 Å². The lowest BCUT2D eigenvalue weighted by Crippen LogP contribution is -2.27. The average Bonchev–Trinajstić information content (AvgIpc) is 3.29. The van der Waals surface area contributed by atoms with Crippen molar-refractivity contribution in [1.29, 1.82) is 0 Å². The van der Waals surface area contributed by atoms with Crippen molar-refractivity contribution in [3.8, 4) is 11.1 Å². The van der Waals surface area contributed by atoms with E-state index in [0.717, 1.165) is 12.8 Å². The molecule has 2 aromatic rings. The van der Waals surface area contributed by atoms with Crippen LogP contribution in [0.15, 0.2) is 48.5 Å². The van der Waals surface area contributed by atoms with Crippen molar-refractivity contribution in [2.75, 3.05) is 59.4 Å². The number of hydrogen-bond acceptors (Lipinski definition) is 7. The van der Waals surface area contributed by atoms with Gasteiger partial charge in [0.15, 0.2) is 0 Å². The monoisotopic (exact) mass is 555 g/mol. The molecule has 220 valence electrons. The SMILES string of the molecule is CCCCCCCC(=O)OCCOCCOCCOCCCNC(=O)OCC1c2ccccc2-c2ccccc21. The van der Waals surface area contributed by atoms with E-state index in [1.807, 2.05) is 24.3 Å². The van der Waals surface area contributed by atoms with E-state index in [4.69, 9.17) is 23.7 Å². The molecule has 2 aromatic carbocycles. The Balaban J connectivity index is 1.10. The molecule has 3 rings (SSSR count). The summed E-state index contributed by atoms with van der Waals surface area (Å²) in [6.07, 6.45) is 6.33. The van der Waals surface area contributed by atoms with Gasteiger partial charge in [-0.25, -0.2) is 4.79 Å². The molecule has 0 aliphatic heterocycles. The van der Waals surface area contributed by atoms with Gasteiger partial charge in [0.1, 0.15) is 13.2 Å². The zero-order valence-electron chi connectivity index (χ0n) is 23.9. The van der Waals surface area contributed by atoms with Gasteiger partial charge in [-0.05, 0) is 35.1 Å². The third-order valence-corrected chi connectivity index (χ3v) is 6.80. The van der Waals surface area contributed by atoms with Crippen LogP contribution in [0.25, 0.3) is 11.1 Å². The fourth-order valence-corrected chi connectivity index (χ4v) is 4.72. The van der Waals surface area contributed by atoms with Crippen molar-refractivity contribution < 1.29 is 33.3 Å². The van der Waals surface area contributed by atoms with Gasteiger partial charge in [0, 0.05) is 25.5 Å². The summed E-state index contributed by atoms with van der Waals surface area (Å²) in [5.41, 5.74) is 4.82. The summed E-state index contributed by atoms with van der Waals surface area (Å²) in [5.74, 6) is -0.0960. The number of benzene rings is 2. The van der Waals surface area contributed by atoms with Crippen LogP contribution < -0.4 is 5.32 Å². The Hall–Kier alpha value is -2.94. The molecule has 0 saturated carbocycles. The third-order valence-electron chi connectivity index (χ3n) is 6.80. The molecule has 0 saturated heterocycles. The molecule has 1 N–H and O–H groups in total. The predicted octanol–water partition coefficient (Wildman–Crippen LogP) is 5.87. The van der Waals surface area contributed by atoms with E-state index >= 15 is 0 Å². The maximum absolute atomic E-state index is 12.2. The number of esters is 1. The van der Waals surface area contributed by atoms with Crippen LogP contribution in [-0.4, -0.2) is 71.5 Å². The fraction of sp³-hybridized carbons (Fsp3) is 0.562. The molecule has 1 aliphatic rings. The van der Waals surface area contributed by atoms with E-state index in [9.17, 15) is 9.59 Å². The van der Waals surface area contributed by atoms with Gasteiger partial charge in [0.25, 0.3) is 0 Å².